The van der Waals surface area contributed by atoms with Gasteiger partial charge >= 0.3 is 0 Å². The topological polar surface area (TPSA) is 57.2 Å². The minimum atomic E-state index is -1.21. The Kier molecular flexibility index (Phi) is 6.02. The third-order valence-electron chi connectivity index (χ3n) is 6.68. The van der Waals surface area contributed by atoms with Crippen molar-refractivity contribution < 1.29 is 24.1 Å². The summed E-state index contributed by atoms with van der Waals surface area (Å²) in [6.45, 7) is 3.73. The minimum absolute atomic E-state index is 0.00386. The molecule has 5 nitrogen and oxygen atoms in total. The molecule has 0 saturated heterocycles. The molecule has 32 heavy (non-hydrogen) atoms. The van der Waals surface area contributed by atoms with Crippen molar-refractivity contribution in [1.29, 1.82) is 0 Å². The zero-order valence-electron chi connectivity index (χ0n) is 18.8. The summed E-state index contributed by atoms with van der Waals surface area (Å²) in [5, 5.41) is 12.2. The molecule has 3 unspecified atom stereocenters. The van der Waals surface area contributed by atoms with Crippen molar-refractivity contribution in [3.63, 3.8) is 0 Å². The minimum Gasteiger partial charge on any atom is -0.497 e. The highest BCUT2D eigenvalue weighted by Crippen LogP contribution is 2.65. The third kappa shape index (κ3) is 3.37. The van der Waals surface area contributed by atoms with Crippen LogP contribution in [-0.2, 0) is 10.3 Å². The zero-order chi connectivity index (χ0) is 22.8. The van der Waals surface area contributed by atoms with Crippen LogP contribution in [0.5, 0.6) is 17.2 Å². The van der Waals surface area contributed by atoms with Crippen molar-refractivity contribution >= 4 is 0 Å². The Morgan fingerprint density at radius 1 is 1.19 bits per heavy atom. The smallest absolute Gasteiger partial charge is 0.152 e. The summed E-state index contributed by atoms with van der Waals surface area (Å²) in [5.41, 5.74) is -0.259. The van der Waals surface area contributed by atoms with Crippen LogP contribution in [0.4, 0.5) is 0 Å². The fourth-order valence-corrected chi connectivity index (χ4v) is 5.24. The van der Waals surface area contributed by atoms with Crippen LogP contribution in [0.3, 0.4) is 0 Å². The van der Waals surface area contributed by atoms with E-state index in [-0.39, 0.29) is 5.92 Å². The van der Waals surface area contributed by atoms with E-state index >= 15 is 0 Å². The van der Waals surface area contributed by atoms with Gasteiger partial charge in [-0.25, -0.2) is 0 Å². The molecule has 1 saturated carbocycles. The van der Waals surface area contributed by atoms with Crippen molar-refractivity contribution in [2.45, 2.75) is 36.4 Å². The molecule has 0 bridgehead atoms. The Bertz CT molecular complexity index is 1040. The molecule has 3 atom stereocenters. The molecule has 0 radical (unpaired) electrons. The van der Waals surface area contributed by atoms with Crippen LogP contribution in [0.25, 0.3) is 0 Å². The van der Waals surface area contributed by atoms with Gasteiger partial charge in [-0.3, -0.25) is 0 Å². The maximum absolute atomic E-state index is 12.2. The molecule has 2 aromatic rings. The number of rotatable bonds is 8. The van der Waals surface area contributed by atoms with Gasteiger partial charge in [0.1, 0.15) is 28.6 Å². The third-order valence-corrected chi connectivity index (χ3v) is 6.68. The molecule has 1 aliphatic heterocycles. The Balaban J connectivity index is 1.84. The van der Waals surface area contributed by atoms with Crippen molar-refractivity contribution in [2.75, 3.05) is 21.3 Å². The first-order valence-electron chi connectivity index (χ1n) is 10.8. The fourth-order valence-electron chi connectivity index (χ4n) is 5.24. The van der Waals surface area contributed by atoms with E-state index in [1.54, 1.807) is 39.5 Å². The summed E-state index contributed by atoms with van der Waals surface area (Å²) in [6.07, 6.45) is 9.21. The average molecular weight is 435 g/mol. The molecule has 0 spiro atoms. The number of hydrogen-bond acceptors (Lipinski definition) is 5. The van der Waals surface area contributed by atoms with E-state index < -0.39 is 11.2 Å². The van der Waals surface area contributed by atoms with Crippen LogP contribution in [0.1, 0.15) is 36.3 Å². The molecule has 1 fully saturated rings. The van der Waals surface area contributed by atoms with Gasteiger partial charge in [0.25, 0.3) is 0 Å². The lowest BCUT2D eigenvalue weighted by Gasteiger charge is -2.39. The van der Waals surface area contributed by atoms with Gasteiger partial charge in [0, 0.05) is 24.5 Å². The van der Waals surface area contributed by atoms with Crippen molar-refractivity contribution in [3.8, 4) is 17.2 Å². The largest absolute Gasteiger partial charge is 0.497 e. The molecule has 0 aromatic heterocycles. The molecule has 1 heterocycles. The van der Waals surface area contributed by atoms with Gasteiger partial charge in [0.15, 0.2) is 5.60 Å². The molecule has 1 aliphatic carbocycles. The van der Waals surface area contributed by atoms with Crippen LogP contribution in [0, 0.1) is 0 Å². The molecule has 0 amide bonds. The molecule has 5 heteroatoms. The van der Waals surface area contributed by atoms with E-state index in [2.05, 4.69) is 18.7 Å². The van der Waals surface area contributed by atoms with E-state index in [9.17, 15) is 5.11 Å². The van der Waals surface area contributed by atoms with Gasteiger partial charge in [0.05, 0.1) is 26.9 Å². The Labute approximate surface area is 189 Å². The summed E-state index contributed by atoms with van der Waals surface area (Å²) >= 11 is 0. The van der Waals surface area contributed by atoms with Crippen LogP contribution in [-0.4, -0.2) is 32.0 Å². The van der Waals surface area contributed by atoms with Crippen LogP contribution < -0.4 is 14.2 Å². The van der Waals surface area contributed by atoms with Crippen molar-refractivity contribution in [2.24, 2.45) is 0 Å². The highest BCUT2D eigenvalue weighted by atomic mass is 16.5. The van der Waals surface area contributed by atoms with Crippen LogP contribution in [0.15, 0.2) is 79.1 Å². The Morgan fingerprint density at radius 3 is 2.62 bits per heavy atom. The van der Waals surface area contributed by atoms with Crippen molar-refractivity contribution in [1.82, 2.24) is 0 Å². The summed E-state index contributed by atoms with van der Waals surface area (Å²) in [6, 6.07) is 13.9. The predicted octanol–water partition coefficient (Wildman–Crippen LogP) is 5.26. The summed E-state index contributed by atoms with van der Waals surface area (Å²) < 4.78 is 23.2. The maximum Gasteiger partial charge on any atom is 0.152 e. The first kappa shape index (κ1) is 22.0. The molecule has 4 rings (SSSR count). The molecule has 168 valence electrons. The highest BCUT2D eigenvalue weighted by Gasteiger charge is 2.67. The zero-order valence-corrected chi connectivity index (χ0v) is 18.8. The Hall–Kier alpha value is -3.18. The van der Waals surface area contributed by atoms with Gasteiger partial charge in [0.2, 0.25) is 0 Å². The summed E-state index contributed by atoms with van der Waals surface area (Å²) in [7, 11) is 4.83. The first-order chi connectivity index (χ1) is 15.5. The second kappa shape index (κ2) is 8.75. The number of aliphatic hydroxyl groups is 1. The molecule has 2 aliphatic rings. The molecule has 1 N–H and O–H groups in total. The number of benzene rings is 2. The second-order valence-corrected chi connectivity index (χ2v) is 8.17. The number of allylic oxidation sites excluding steroid dienone is 3. The van der Waals surface area contributed by atoms with E-state index in [0.717, 1.165) is 12.0 Å². The average Bonchev–Trinajstić information content (AvgIpc) is 3.23. The number of hydrogen-bond donors (Lipinski definition) is 1. The number of fused-ring (bicyclic) bond motifs is 3. The van der Waals surface area contributed by atoms with Crippen LogP contribution in [0.2, 0.25) is 0 Å². The van der Waals surface area contributed by atoms with Gasteiger partial charge in [-0.1, -0.05) is 49.1 Å². The Morgan fingerprint density at radius 2 is 1.97 bits per heavy atom. The first-order valence-corrected chi connectivity index (χ1v) is 10.8. The lowest BCUT2D eigenvalue weighted by molar-refractivity contribution is -0.0985. The van der Waals surface area contributed by atoms with E-state index in [0.29, 0.717) is 41.4 Å². The molecular formula is C27H30O5. The molecule has 2 aromatic carbocycles. The van der Waals surface area contributed by atoms with Crippen molar-refractivity contribution in [3.05, 3.63) is 90.2 Å². The van der Waals surface area contributed by atoms with Gasteiger partial charge in [-0.05, 0) is 30.6 Å². The second-order valence-electron chi connectivity index (χ2n) is 8.17. The van der Waals surface area contributed by atoms with E-state index in [4.69, 9.17) is 18.9 Å². The van der Waals surface area contributed by atoms with Crippen LogP contribution >= 0.6 is 0 Å². The monoisotopic (exact) mass is 434 g/mol. The quantitative estimate of drug-likeness (QED) is 0.454. The standard InChI is InChI=1S/C27H30O5/c1-5-10-20(29-2)13-9-15-27-22(19-11-7-6-8-12-19)14-16-26(27,28)25-23(31-4)17-21(30-3)18-24(25)32-27/h5-13,17-18,22,28H,1,14-16H2,2-4H3/b13-9-,20-10+. The lowest BCUT2D eigenvalue weighted by atomic mass is 9.73. The highest BCUT2D eigenvalue weighted by molar-refractivity contribution is 5.60. The number of methoxy groups -OCH3 is 3. The van der Waals surface area contributed by atoms with E-state index in [1.165, 1.54) is 0 Å². The normalized spacial score (nSPS) is 26.4. The molecular weight excluding hydrogens is 404 g/mol. The number of ether oxygens (including phenoxy) is 4. The van der Waals surface area contributed by atoms with Gasteiger partial charge in [-0.15, -0.1) is 0 Å². The fraction of sp³-hybridized carbons (Fsp3) is 0.333. The lowest BCUT2D eigenvalue weighted by Crippen LogP contribution is -2.50. The SMILES string of the molecule is C=C/C=C(\C=C/CC12Oc3cc(OC)cc(OC)c3C1(O)CCC2c1ccccc1)OC. The van der Waals surface area contributed by atoms with Gasteiger partial charge < -0.3 is 24.1 Å². The predicted molar refractivity (Wildman–Crippen MR) is 124 cm³/mol. The summed E-state index contributed by atoms with van der Waals surface area (Å²) in [5.74, 6) is 2.48. The summed E-state index contributed by atoms with van der Waals surface area (Å²) in [4.78, 5) is 0. The van der Waals surface area contributed by atoms with E-state index in [1.807, 2.05) is 36.4 Å². The maximum atomic E-state index is 12.2. The van der Waals surface area contributed by atoms with Gasteiger partial charge in [-0.2, -0.15) is 0 Å².